The van der Waals surface area contributed by atoms with Crippen molar-refractivity contribution in [3.63, 3.8) is 0 Å². The van der Waals surface area contributed by atoms with Gasteiger partial charge in [0.05, 0.1) is 6.61 Å². The number of aliphatic hydroxyl groups is 1. The molecule has 0 aromatic rings. The quantitative estimate of drug-likeness (QED) is 0.426. The van der Waals surface area contributed by atoms with Gasteiger partial charge in [-0.25, -0.2) is 0 Å². The van der Waals surface area contributed by atoms with Crippen molar-refractivity contribution in [2.75, 3.05) is 13.2 Å². The summed E-state index contributed by atoms with van der Waals surface area (Å²) in [6.45, 7) is 0.500. The number of aliphatic hydroxyl groups excluding tert-OH is 1. The Balaban J connectivity index is 2.19. The van der Waals surface area contributed by atoms with Gasteiger partial charge in [0.2, 0.25) is 0 Å². The van der Waals surface area contributed by atoms with Crippen molar-refractivity contribution in [1.82, 2.24) is 0 Å². The molecular formula is C3H9O2+. The van der Waals surface area contributed by atoms with Crippen molar-refractivity contribution in [1.29, 1.82) is 0 Å². The van der Waals surface area contributed by atoms with Crippen molar-refractivity contribution in [3.8, 4) is 0 Å². The fourth-order valence-electron chi connectivity index (χ4n) is 0.0791. The van der Waals surface area contributed by atoms with Gasteiger partial charge in [0.1, 0.15) is 6.61 Å². The van der Waals surface area contributed by atoms with Gasteiger partial charge in [0.15, 0.2) is 0 Å². The van der Waals surface area contributed by atoms with E-state index in [1.807, 2.05) is 0 Å². The van der Waals surface area contributed by atoms with Gasteiger partial charge >= 0.3 is 0 Å². The van der Waals surface area contributed by atoms with Crippen LogP contribution in [0.4, 0.5) is 0 Å². The Morgan fingerprint density at radius 2 is 2.20 bits per heavy atom. The van der Waals surface area contributed by atoms with Crippen molar-refractivity contribution in [3.05, 3.63) is 0 Å². The van der Waals surface area contributed by atoms with E-state index in [9.17, 15) is 0 Å². The molecule has 2 nitrogen and oxygen atoms in total. The molecule has 0 heterocycles. The Kier molecular flexibility index (Phi) is 3.86. The fraction of sp³-hybridized carbons (Fsp3) is 1.00. The molecule has 0 saturated carbocycles. The number of hydrogen-bond acceptors (Lipinski definition) is 1. The molecule has 0 fully saturated rings. The third-order valence-corrected chi connectivity index (χ3v) is 0.335. The molecule has 0 bridgehead atoms. The van der Waals surface area contributed by atoms with Gasteiger partial charge in [-0.1, -0.05) is 0 Å². The molecule has 0 unspecified atom stereocenters. The minimum Gasteiger partial charge on any atom is -0.445 e. The summed E-state index contributed by atoms with van der Waals surface area (Å²) in [5.41, 5.74) is 0. The van der Waals surface area contributed by atoms with E-state index in [-0.39, 0.29) is 6.61 Å². The van der Waals surface area contributed by atoms with E-state index < -0.39 is 0 Å². The third kappa shape index (κ3) is 3.92. The molecule has 0 aromatic carbocycles. The second kappa shape index (κ2) is 3.92. The lowest BCUT2D eigenvalue weighted by Crippen LogP contribution is -1.85. The van der Waals surface area contributed by atoms with Crippen LogP contribution in [0.3, 0.4) is 0 Å². The Labute approximate surface area is 31.1 Å². The van der Waals surface area contributed by atoms with Gasteiger partial charge in [-0.2, -0.15) is 0 Å². The predicted molar refractivity (Wildman–Crippen MR) is 20.2 cm³/mol. The summed E-state index contributed by atoms with van der Waals surface area (Å²) in [6.07, 6.45) is 0.611. The van der Waals surface area contributed by atoms with Crippen LogP contribution in [0.2, 0.25) is 0 Å². The first-order valence-electron chi connectivity index (χ1n) is 1.67. The van der Waals surface area contributed by atoms with Gasteiger partial charge < -0.3 is 10.2 Å². The predicted octanol–water partition coefficient (Wildman–Crippen LogP) is -0.907. The van der Waals surface area contributed by atoms with Crippen molar-refractivity contribution < 1.29 is 10.2 Å². The zero-order valence-corrected chi connectivity index (χ0v) is 3.07. The molecule has 0 rings (SSSR count). The molecule has 3 N–H and O–H groups in total. The van der Waals surface area contributed by atoms with Crippen LogP contribution in [0.5, 0.6) is 0 Å². The van der Waals surface area contributed by atoms with Gasteiger partial charge in [0, 0.05) is 6.42 Å². The molecule has 0 aliphatic rings. The minimum atomic E-state index is 0.156. The topological polar surface area (TPSA) is 43.1 Å². The molecule has 32 valence electrons. The summed E-state index contributed by atoms with van der Waals surface area (Å²) < 4.78 is 0. The first-order chi connectivity index (χ1) is 2.41. The molecule has 0 radical (unpaired) electrons. The number of rotatable bonds is 2. The minimum absolute atomic E-state index is 0.156. The zero-order valence-electron chi connectivity index (χ0n) is 3.07. The molecule has 2 heteroatoms. The Morgan fingerprint density at radius 3 is 2.20 bits per heavy atom. The summed E-state index contributed by atoms with van der Waals surface area (Å²) in [5, 5.41) is 14.4. The van der Waals surface area contributed by atoms with Crippen LogP contribution in [-0.2, 0) is 0 Å². The maximum atomic E-state index is 7.95. The van der Waals surface area contributed by atoms with E-state index in [0.29, 0.717) is 13.0 Å². The largest absolute Gasteiger partial charge is 0.445 e. The van der Waals surface area contributed by atoms with E-state index in [1.54, 1.807) is 0 Å². The molecular weight excluding hydrogens is 68.0 g/mol. The average Bonchev–Trinajstić information content (AvgIpc) is 1.41. The maximum absolute atomic E-state index is 7.95. The van der Waals surface area contributed by atoms with E-state index in [0.717, 1.165) is 0 Å². The van der Waals surface area contributed by atoms with Crippen molar-refractivity contribution >= 4 is 0 Å². The summed E-state index contributed by atoms with van der Waals surface area (Å²) in [4.78, 5) is 0. The Bertz CT molecular complexity index is 12.4. The van der Waals surface area contributed by atoms with E-state index >= 15 is 0 Å². The SMILES string of the molecule is OCCC[OH2+]. The second-order valence-electron chi connectivity index (χ2n) is 0.827. The molecule has 0 atom stereocenters. The monoisotopic (exact) mass is 77.1 g/mol. The maximum Gasteiger partial charge on any atom is 0.145 e. The molecule has 0 aromatic heterocycles. The van der Waals surface area contributed by atoms with Gasteiger partial charge in [0.25, 0.3) is 0 Å². The van der Waals surface area contributed by atoms with Crippen molar-refractivity contribution in [2.24, 2.45) is 0 Å². The first-order valence-corrected chi connectivity index (χ1v) is 1.67. The smallest absolute Gasteiger partial charge is 0.145 e. The molecule has 0 saturated heterocycles. The highest BCUT2D eigenvalue weighted by molar-refractivity contribution is 4.22. The second-order valence-corrected chi connectivity index (χ2v) is 0.827. The van der Waals surface area contributed by atoms with Crippen LogP contribution in [0.25, 0.3) is 0 Å². The van der Waals surface area contributed by atoms with Crippen LogP contribution in [-0.4, -0.2) is 23.4 Å². The highest BCUT2D eigenvalue weighted by atomic mass is 16.3. The van der Waals surface area contributed by atoms with E-state index in [2.05, 4.69) is 0 Å². The lowest BCUT2D eigenvalue weighted by molar-refractivity contribution is 0.221. The first kappa shape index (κ1) is 4.92. The molecule has 0 aliphatic heterocycles. The van der Waals surface area contributed by atoms with Crippen LogP contribution in [0.1, 0.15) is 6.42 Å². The van der Waals surface area contributed by atoms with Crippen LogP contribution < -0.4 is 0 Å². The van der Waals surface area contributed by atoms with Crippen LogP contribution in [0.15, 0.2) is 0 Å². The molecule has 5 heavy (non-hydrogen) atoms. The zero-order chi connectivity index (χ0) is 4.12. The van der Waals surface area contributed by atoms with Gasteiger partial charge in [-0.05, 0) is 0 Å². The van der Waals surface area contributed by atoms with E-state index in [1.165, 1.54) is 0 Å². The van der Waals surface area contributed by atoms with Crippen LogP contribution >= 0.6 is 0 Å². The summed E-state index contributed by atoms with van der Waals surface area (Å²) >= 11 is 0. The summed E-state index contributed by atoms with van der Waals surface area (Å²) in [5.74, 6) is 0. The Morgan fingerprint density at radius 1 is 1.60 bits per heavy atom. The molecule has 0 aliphatic carbocycles. The lowest BCUT2D eigenvalue weighted by atomic mass is 10.5. The molecule has 0 amide bonds. The highest BCUT2D eigenvalue weighted by Gasteiger charge is 1.74. The standard InChI is InChI=1S/C3H8O2/c4-2-1-3-5/h4-5H,1-3H2/p+1. The molecule has 0 spiro atoms. The fourth-order valence-corrected chi connectivity index (χ4v) is 0.0791. The average molecular weight is 77.1 g/mol. The normalized spacial score (nSPS) is 8.40. The summed E-state index contributed by atoms with van der Waals surface area (Å²) in [6, 6.07) is 0. The summed E-state index contributed by atoms with van der Waals surface area (Å²) in [7, 11) is 0. The van der Waals surface area contributed by atoms with E-state index in [4.69, 9.17) is 10.2 Å². The van der Waals surface area contributed by atoms with Gasteiger partial charge in [-0.15, -0.1) is 0 Å². The highest BCUT2D eigenvalue weighted by Crippen LogP contribution is 1.65. The van der Waals surface area contributed by atoms with Gasteiger partial charge in [-0.3, -0.25) is 0 Å². The Hall–Kier alpha value is -0.0800. The number of hydrogen-bond donors (Lipinski definition) is 1. The van der Waals surface area contributed by atoms with Crippen LogP contribution in [0, 0.1) is 0 Å². The van der Waals surface area contributed by atoms with Crippen molar-refractivity contribution in [2.45, 2.75) is 6.42 Å². The third-order valence-electron chi connectivity index (χ3n) is 0.335. The lowest BCUT2D eigenvalue weighted by Gasteiger charge is -1.76.